The van der Waals surface area contributed by atoms with Gasteiger partial charge in [-0.2, -0.15) is 0 Å². The van der Waals surface area contributed by atoms with Crippen LogP contribution in [0.25, 0.3) is 16.5 Å². The third-order valence-corrected chi connectivity index (χ3v) is 6.12. The quantitative estimate of drug-likeness (QED) is 0.409. The number of aromatic nitrogens is 1. The van der Waals surface area contributed by atoms with Crippen molar-refractivity contribution in [3.8, 4) is 5.69 Å². The van der Waals surface area contributed by atoms with Crippen molar-refractivity contribution in [2.24, 2.45) is 0 Å². The number of fused-ring (bicyclic) bond motifs is 1. The third kappa shape index (κ3) is 4.10. The van der Waals surface area contributed by atoms with Gasteiger partial charge < -0.3 is 9.64 Å². The molecule has 170 valence electrons. The van der Waals surface area contributed by atoms with E-state index in [0.717, 1.165) is 29.8 Å². The van der Waals surface area contributed by atoms with Gasteiger partial charge in [-0.25, -0.2) is 4.79 Å². The Morgan fingerprint density at radius 1 is 0.912 bits per heavy atom. The second-order valence-electron chi connectivity index (χ2n) is 8.49. The van der Waals surface area contributed by atoms with Gasteiger partial charge in [0.25, 0.3) is 5.56 Å². The lowest BCUT2D eigenvalue weighted by atomic mass is 10.1. The van der Waals surface area contributed by atoms with Gasteiger partial charge in [0.05, 0.1) is 5.56 Å². The fraction of sp³-hybridized carbons (Fsp3) is 0.179. The molecule has 6 heteroatoms. The van der Waals surface area contributed by atoms with Crippen molar-refractivity contribution in [1.82, 2.24) is 4.57 Å². The minimum atomic E-state index is -0.503. The maximum atomic E-state index is 13.1. The lowest BCUT2D eigenvalue weighted by Gasteiger charge is -2.16. The normalized spacial score (nSPS) is 13.4. The van der Waals surface area contributed by atoms with Gasteiger partial charge in [0.1, 0.15) is 6.61 Å². The molecule has 0 saturated carbocycles. The number of hydrogen-bond acceptors (Lipinski definition) is 4. The molecule has 0 unspecified atom stereocenters. The Hall–Kier alpha value is -4.19. The number of amides is 1. The van der Waals surface area contributed by atoms with Gasteiger partial charge in [0, 0.05) is 41.3 Å². The number of carbonyl (C=O) groups is 2. The predicted octanol–water partition coefficient (Wildman–Crippen LogP) is 4.78. The first-order valence-corrected chi connectivity index (χ1v) is 11.3. The van der Waals surface area contributed by atoms with E-state index in [9.17, 15) is 14.4 Å². The van der Waals surface area contributed by atoms with Crippen LogP contribution in [0.2, 0.25) is 0 Å². The van der Waals surface area contributed by atoms with Crippen molar-refractivity contribution in [3.05, 3.63) is 106 Å². The molecule has 1 amide bonds. The second-order valence-corrected chi connectivity index (χ2v) is 8.49. The molecule has 6 nitrogen and oxygen atoms in total. The van der Waals surface area contributed by atoms with Crippen LogP contribution in [0, 0.1) is 6.92 Å². The highest BCUT2D eigenvalue weighted by atomic mass is 16.5. The van der Waals surface area contributed by atoms with Gasteiger partial charge in [-0.05, 0) is 54.8 Å². The van der Waals surface area contributed by atoms with Crippen LogP contribution in [0.3, 0.4) is 0 Å². The van der Waals surface area contributed by atoms with E-state index in [-0.39, 0.29) is 18.1 Å². The minimum absolute atomic E-state index is 0.0883. The Labute approximate surface area is 197 Å². The number of rotatable bonds is 5. The van der Waals surface area contributed by atoms with Gasteiger partial charge in [0.2, 0.25) is 5.91 Å². The summed E-state index contributed by atoms with van der Waals surface area (Å²) in [6.07, 6.45) is 3.01. The van der Waals surface area contributed by atoms with Crippen molar-refractivity contribution in [2.75, 3.05) is 11.4 Å². The average Bonchev–Trinajstić information content (AvgIpc) is 3.29. The molecule has 3 aromatic carbocycles. The number of nitrogens with zero attached hydrogens (tertiary/aromatic N) is 2. The van der Waals surface area contributed by atoms with Crippen molar-refractivity contribution in [2.45, 2.75) is 26.4 Å². The van der Waals surface area contributed by atoms with Gasteiger partial charge in [0.15, 0.2) is 0 Å². The first-order chi connectivity index (χ1) is 16.5. The minimum Gasteiger partial charge on any atom is -0.457 e. The fourth-order valence-electron chi connectivity index (χ4n) is 4.34. The molecule has 0 atom stereocenters. The molecular formula is C28H24N2O4. The molecular weight excluding hydrogens is 428 g/mol. The van der Waals surface area contributed by atoms with E-state index in [4.69, 9.17) is 4.74 Å². The molecule has 5 rings (SSSR count). The van der Waals surface area contributed by atoms with Gasteiger partial charge in [-0.3, -0.25) is 14.2 Å². The van der Waals surface area contributed by atoms with Gasteiger partial charge >= 0.3 is 5.97 Å². The van der Waals surface area contributed by atoms with Crippen molar-refractivity contribution in [1.29, 1.82) is 0 Å². The van der Waals surface area contributed by atoms with E-state index in [1.54, 1.807) is 35.4 Å². The summed E-state index contributed by atoms with van der Waals surface area (Å²) in [4.78, 5) is 40.0. The molecule has 1 fully saturated rings. The van der Waals surface area contributed by atoms with Gasteiger partial charge in [-0.1, -0.05) is 42.5 Å². The number of esters is 1. The maximum absolute atomic E-state index is 13.1. The summed E-state index contributed by atoms with van der Waals surface area (Å²) in [6.45, 7) is 2.78. The van der Waals surface area contributed by atoms with Crippen LogP contribution in [0.15, 0.2) is 83.8 Å². The van der Waals surface area contributed by atoms with E-state index in [1.165, 1.54) is 4.57 Å². The highest BCUT2D eigenvalue weighted by Gasteiger charge is 2.21. The second kappa shape index (κ2) is 8.98. The zero-order valence-corrected chi connectivity index (χ0v) is 18.9. The van der Waals surface area contributed by atoms with Crippen LogP contribution in [-0.4, -0.2) is 23.0 Å². The Morgan fingerprint density at radius 2 is 1.68 bits per heavy atom. The standard InChI is InChI=1S/C28H24N2O4/c1-19-6-4-7-22(16-19)30-17-25(23-8-2-3-9-24(23)27(30)32)28(33)34-18-20-11-13-21(14-12-20)29-15-5-10-26(29)31/h2-4,6-9,11-14,16-17H,5,10,15,18H2,1H3. The highest BCUT2D eigenvalue weighted by Crippen LogP contribution is 2.23. The summed E-state index contributed by atoms with van der Waals surface area (Å²) in [5, 5.41) is 1.02. The van der Waals surface area contributed by atoms with Crippen LogP contribution in [0.4, 0.5) is 5.69 Å². The molecule has 1 aliphatic rings. The van der Waals surface area contributed by atoms with E-state index in [2.05, 4.69) is 0 Å². The van der Waals surface area contributed by atoms with E-state index in [1.807, 2.05) is 55.5 Å². The van der Waals surface area contributed by atoms with Crippen LogP contribution in [0.5, 0.6) is 0 Å². The monoisotopic (exact) mass is 452 g/mol. The first-order valence-electron chi connectivity index (χ1n) is 11.3. The third-order valence-electron chi connectivity index (χ3n) is 6.12. The summed E-state index contributed by atoms with van der Waals surface area (Å²) in [5.74, 6) is -0.369. The molecule has 1 aromatic heterocycles. The lowest BCUT2D eigenvalue weighted by Crippen LogP contribution is -2.23. The SMILES string of the molecule is Cc1cccc(-n2cc(C(=O)OCc3ccc(N4CCCC4=O)cc3)c3ccccc3c2=O)c1. The summed E-state index contributed by atoms with van der Waals surface area (Å²) >= 11 is 0. The first kappa shape index (κ1) is 21.6. The molecule has 0 radical (unpaired) electrons. The summed E-state index contributed by atoms with van der Waals surface area (Å²) in [5.41, 5.74) is 3.52. The number of anilines is 1. The molecule has 34 heavy (non-hydrogen) atoms. The smallest absolute Gasteiger partial charge is 0.340 e. The topological polar surface area (TPSA) is 68.6 Å². The molecule has 1 saturated heterocycles. The number of hydrogen-bond donors (Lipinski definition) is 0. The van der Waals surface area contributed by atoms with Gasteiger partial charge in [-0.15, -0.1) is 0 Å². The van der Waals surface area contributed by atoms with Crippen LogP contribution < -0.4 is 10.5 Å². The zero-order valence-electron chi connectivity index (χ0n) is 18.9. The molecule has 0 N–H and O–H groups in total. The summed E-state index contributed by atoms with van der Waals surface area (Å²) in [7, 11) is 0. The average molecular weight is 453 g/mol. The van der Waals surface area contributed by atoms with Crippen LogP contribution in [0.1, 0.15) is 34.3 Å². The predicted molar refractivity (Wildman–Crippen MR) is 131 cm³/mol. The van der Waals surface area contributed by atoms with E-state index >= 15 is 0 Å². The highest BCUT2D eigenvalue weighted by molar-refractivity contribution is 6.04. The summed E-state index contributed by atoms with van der Waals surface area (Å²) < 4.78 is 7.12. The van der Waals surface area contributed by atoms with Crippen molar-refractivity contribution >= 4 is 28.3 Å². The number of pyridine rings is 1. The molecule has 1 aliphatic heterocycles. The van der Waals surface area contributed by atoms with E-state index in [0.29, 0.717) is 28.4 Å². The molecule has 4 aromatic rings. The molecule has 0 spiro atoms. The molecule has 0 aliphatic carbocycles. The van der Waals surface area contributed by atoms with E-state index < -0.39 is 5.97 Å². The number of benzene rings is 3. The number of aryl methyl sites for hydroxylation is 1. The fourth-order valence-corrected chi connectivity index (χ4v) is 4.34. The molecule has 0 bridgehead atoms. The van der Waals surface area contributed by atoms with Crippen LogP contribution >= 0.6 is 0 Å². The van der Waals surface area contributed by atoms with Crippen molar-refractivity contribution in [3.63, 3.8) is 0 Å². The zero-order chi connectivity index (χ0) is 23.7. The Kier molecular flexibility index (Phi) is 5.72. The largest absolute Gasteiger partial charge is 0.457 e. The Bertz CT molecular complexity index is 1450. The number of ether oxygens (including phenoxy) is 1. The Morgan fingerprint density at radius 3 is 2.38 bits per heavy atom. The molecule has 2 heterocycles. The van der Waals surface area contributed by atoms with Crippen LogP contribution in [-0.2, 0) is 16.1 Å². The Balaban J connectivity index is 1.42. The van der Waals surface area contributed by atoms with Crippen molar-refractivity contribution < 1.29 is 14.3 Å². The maximum Gasteiger partial charge on any atom is 0.340 e. The lowest BCUT2D eigenvalue weighted by molar-refractivity contribution is -0.117. The summed E-state index contributed by atoms with van der Waals surface area (Å²) in [6, 6.07) is 22.1. The number of carbonyl (C=O) groups excluding carboxylic acids is 2.